The summed E-state index contributed by atoms with van der Waals surface area (Å²) in [5.41, 5.74) is 4.18. The molecule has 3 aromatic rings. The first-order valence-corrected chi connectivity index (χ1v) is 9.65. The number of halogens is 1. The van der Waals surface area contributed by atoms with Gasteiger partial charge in [-0.15, -0.1) is 0 Å². The fourth-order valence-corrected chi connectivity index (χ4v) is 3.20. The average Bonchev–Trinajstić information content (AvgIpc) is 2.66. The molecule has 138 valence electrons. The third kappa shape index (κ3) is 6.01. The number of pyridine rings is 1. The van der Waals surface area contributed by atoms with Gasteiger partial charge in [0.25, 0.3) is 0 Å². The zero-order valence-corrected chi connectivity index (χ0v) is 16.7. The monoisotopic (exact) mass is 423 g/mol. The van der Waals surface area contributed by atoms with Crippen LogP contribution in [0, 0.1) is 0 Å². The molecule has 4 nitrogen and oxygen atoms in total. The lowest BCUT2D eigenvalue weighted by molar-refractivity contribution is -0.114. The number of anilines is 1. The normalized spacial score (nSPS) is 11.8. The highest BCUT2D eigenvalue weighted by Gasteiger charge is 2.13. The van der Waals surface area contributed by atoms with Gasteiger partial charge in [0.2, 0.25) is 5.91 Å². The Morgan fingerprint density at radius 1 is 1.07 bits per heavy atom. The third-order valence-corrected chi connectivity index (χ3v) is 4.74. The number of rotatable bonds is 7. The zero-order valence-electron chi connectivity index (χ0n) is 15.2. The lowest BCUT2D eigenvalue weighted by atomic mass is 10.0. The maximum Gasteiger partial charge on any atom is 0.221 e. The van der Waals surface area contributed by atoms with Gasteiger partial charge < -0.3 is 10.6 Å². The van der Waals surface area contributed by atoms with E-state index in [9.17, 15) is 4.79 Å². The first-order valence-electron chi connectivity index (χ1n) is 8.85. The number of hydrogen-bond donors (Lipinski definition) is 2. The number of carbonyl (C=O) groups is 1. The van der Waals surface area contributed by atoms with Crippen LogP contribution in [0.4, 0.5) is 5.69 Å². The summed E-state index contributed by atoms with van der Waals surface area (Å²) < 4.78 is 1.06. The minimum absolute atomic E-state index is 0.0667. The predicted molar refractivity (Wildman–Crippen MR) is 112 cm³/mol. The van der Waals surface area contributed by atoms with Crippen LogP contribution in [0.25, 0.3) is 0 Å². The summed E-state index contributed by atoms with van der Waals surface area (Å²) in [4.78, 5) is 15.7. The molecule has 27 heavy (non-hydrogen) atoms. The lowest BCUT2D eigenvalue weighted by Crippen LogP contribution is -2.23. The molecule has 0 radical (unpaired) electrons. The van der Waals surface area contributed by atoms with Crippen molar-refractivity contribution in [2.45, 2.75) is 25.9 Å². The molecule has 3 rings (SSSR count). The van der Waals surface area contributed by atoms with E-state index in [0.717, 1.165) is 27.8 Å². The number of amides is 1. The molecule has 5 heteroatoms. The van der Waals surface area contributed by atoms with Crippen LogP contribution in [-0.2, 0) is 17.8 Å². The number of hydrogen-bond acceptors (Lipinski definition) is 3. The summed E-state index contributed by atoms with van der Waals surface area (Å²) in [6.45, 7) is 2.21. The van der Waals surface area contributed by atoms with E-state index in [1.54, 1.807) is 0 Å². The van der Waals surface area contributed by atoms with Crippen LogP contribution in [0.5, 0.6) is 0 Å². The molecule has 2 aromatic carbocycles. The second-order valence-corrected chi connectivity index (χ2v) is 7.31. The molecule has 0 aliphatic heterocycles. The molecule has 0 saturated heterocycles. The van der Waals surface area contributed by atoms with Crippen LogP contribution in [0.15, 0.2) is 77.4 Å². The van der Waals surface area contributed by atoms with Crippen LogP contribution in [0.2, 0.25) is 0 Å². The summed E-state index contributed by atoms with van der Waals surface area (Å²) in [7, 11) is 0. The van der Waals surface area contributed by atoms with E-state index in [4.69, 9.17) is 0 Å². The van der Waals surface area contributed by atoms with E-state index in [0.29, 0.717) is 6.54 Å². The Labute approximate surface area is 168 Å². The standard InChI is InChI=1S/C22H22BrN3O/c1-16(27)26-21-7-4-5-17(13-21)15-25-22(14-20-6-2-3-12-24-20)18-8-10-19(23)11-9-18/h2-13,22,25H,14-15H2,1H3,(H,26,27)/t22-/m1/s1. The third-order valence-electron chi connectivity index (χ3n) is 4.21. The minimum Gasteiger partial charge on any atom is -0.326 e. The highest BCUT2D eigenvalue weighted by molar-refractivity contribution is 9.10. The second kappa shape index (κ2) is 9.44. The van der Waals surface area contributed by atoms with Crippen LogP contribution in [0.1, 0.15) is 29.8 Å². The number of carbonyl (C=O) groups excluding carboxylic acids is 1. The average molecular weight is 424 g/mol. The van der Waals surface area contributed by atoms with Gasteiger partial charge in [-0.25, -0.2) is 0 Å². The Morgan fingerprint density at radius 2 is 1.89 bits per heavy atom. The molecule has 2 N–H and O–H groups in total. The van der Waals surface area contributed by atoms with Crippen molar-refractivity contribution >= 4 is 27.5 Å². The molecular weight excluding hydrogens is 402 g/mol. The van der Waals surface area contributed by atoms with Gasteiger partial charge in [-0.3, -0.25) is 9.78 Å². The summed E-state index contributed by atoms with van der Waals surface area (Å²) in [5, 5.41) is 6.46. The molecule has 0 bridgehead atoms. The first-order chi connectivity index (χ1) is 13.1. The molecule has 1 amide bonds. The van der Waals surface area contributed by atoms with Gasteiger partial charge in [0.1, 0.15) is 0 Å². The summed E-state index contributed by atoms with van der Waals surface area (Å²) >= 11 is 3.50. The summed E-state index contributed by atoms with van der Waals surface area (Å²) in [6.07, 6.45) is 2.62. The quantitative estimate of drug-likeness (QED) is 0.569. The van der Waals surface area contributed by atoms with Gasteiger partial charge in [0, 0.05) is 48.0 Å². The van der Waals surface area contributed by atoms with E-state index in [1.165, 1.54) is 12.5 Å². The summed E-state index contributed by atoms with van der Waals surface area (Å²) in [6, 6.07) is 22.4. The highest BCUT2D eigenvalue weighted by atomic mass is 79.9. The number of nitrogens with one attached hydrogen (secondary N) is 2. The maximum atomic E-state index is 11.3. The maximum absolute atomic E-state index is 11.3. The van der Waals surface area contributed by atoms with E-state index in [1.807, 2.05) is 42.6 Å². The molecule has 1 heterocycles. The van der Waals surface area contributed by atoms with Crippen molar-refractivity contribution in [3.8, 4) is 0 Å². The van der Waals surface area contributed by atoms with E-state index in [-0.39, 0.29) is 11.9 Å². The van der Waals surface area contributed by atoms with Crippen molar-refractivity contribution in [3.05, 3.63) is 94.2 Å². The Bertz CT molecular complexity index is 882. The molecule has 0 unspecified atom stereocenters. The largest absolute Gasteiger partial charge is 0.326 e. The zero-order chi connectivity index (χ0) is 19.1. The van der Waals surface area contributed by atoms with Crippen molar-refractivity contribution < 1.29 is 4.79 Å². The predicted octanol–water partition coefficient (Wildman–Crippen LogP) is 4.88. The van der Waals surface area contributed by atoms with Gasteiger partial charge >= 0.3 is 0 Å². The minimum atomic E-state index is -0.0667. The van der Waals surface area contributed by atoms with Gasteiger partial charge in [0.05, 0.1) is 0 Å². The fraction of sp³-hybridized carbons (Fsp3) is 0.182. The molecule has 1 atom stereocenters. The first kappa shape index (κ1) is 19.3. The Morgan fingerprint density at radius 3 is 2.59 bits per heavy atom. The van der Waals surface area contributed by atoms with Crippen molar-refractivity contribution in [2.75, 3.05) is 5.32 Å². The fourth-order valence-electron chi connectivity index (χ4n) is 2.93. The smallest absolute Gasteiger partial charge is 0.221 e. The van der Waals surface area contributed by atoms with Crippen LogP contribution in [0.3, 0.4) is 0 Å². The molecule has 0 aliphatic carbocycles. The van der Waals surface area contributed by atoms with Gasteiger partial charge in [-0.1, -0.05) is 46.3 Å². The Hall–Kier alpha value is -2.50. The molecule has 0 saturated carbocycles. The van der Waals surface area contributed by atoms with Gasteiger partial charge in [-0.05, 0) is 47.5 Å². The van der Waals surface area contributed by atoms with Crippen molar-refractivity contribution in [1.82, 2.24) is 10.3 Å². The number of nitrogens with zero attached hydrogens (tertiary/aromatic N) is 1. The molecule has 0 aliphatic rings. The Balaban J connectivity index is 1.75. The molecule has 1 aromatic heterocycles. The molecule has 0 spiro atoms. The van der Waals surface area contributed by atoms with E-state index < -0.39 is 0 Å². The van der Waals surface area contributed by atoms with Crippen molar-refractivity contribution in [1.29, 1.82) is 0 Å². The highest BCUT2D eigenvalue weighted by Crippen LogP contribution is 2.21. The number of benzene rings is 2. The second-order valence-electron chi connectivity index (χ2n) is 6.39. The topological polar surface area (TPSA) is 54.0 Å². The summed E-state index contributed by atoms with van der Waals surface area (Å²) in [5.74, 6) is -0.0667. The SMILES string of the molecule is CC(=O)Nc1cccc(CN[C@H](Cc2ccccn2)c2ccc(Br)cc2)c1. The van der Waals surface area contributed by atoms with Gasteiger partial charge in [0.15, 0.2) is 0 Å². The molecule has 0 fully saturated rings. The van der Waals surface area contributed by atoms with Crippen molar-refractivity contribution in [2.24, 2.45) is 0 Å². The van der Waals surface area contributed by atoms with Crippen LogP contribution in [-0.4, -0.2) is 10.9 Å². The van der Waals surface area contributed by atoms with E-state index >= 15 is 0 Å². The van der Waals surface area contributed by atoms with Crippen LogP contribution < -0.4 is 10.6 Å². The number of aromatic nitrogens is 1. The van der Waals surface area contributed by atoms with E-state index in [2.05, 4.69) is 61.9 Å². The Kier molecular flexibility index (Phi) is 6.74. The lowest BCUT2D eigenvalue weighted by Gasteiger charge is -2.20. The van der Waals surface area contributed by atoms with Gasteiger partial charge in [-0.2, -0.15) is 0 Å². The van der Waals surface area contributed by atoms with Crippen LogP contribution >= 0.6 is 15.9 Å². The molecular formula is C22H22BrN3O. The van der Waals surface area contributed by atoms with Crippen molar-refractivity contribution in [3.63, 3.8) is 0 Å².